The SMILES string of the molecule is CC(C)(C)OC(=O)NN(B1OC(C)(C)C(C)(C)O1)C(=O)OC(C)(C)C. The third-order valence-corrected chi connectivity index (χ3v) is 3.65. The van der Waals surface area contributed by atoms with E-state index in [1.54, 1.807) is 41.5 Å². The molecule has 0 atom stereocenters. The maximum absolute atomic E-state index is 12.5. The number of hydrogen-bond donors (Lipinski definition) is 1. The standard InChI is InChI=1S/C16H31BN2O6/c1-13(2,3)22-11(20)18-19(12(21)23-14(4,5)6)17-24-15(7,8)16(9,10)25-17/h1-10H3,(H,18,20). The van der Waals surface area contributed by atoms with E-state index in [4.69, 9.17) is 18.8 Å². The van der Waals surface area contributed by atoms with Crippen LogP contribution in [0.4, 0.5) is 9.59 Å². The molecule has 0 aliphatic carbocycles. The first-order valence-electron chi connectivity index (χ1n) is 8.31. The van der Waals surface area contributed by atoms with Crippen LogP contribution in [-0.4, -0.2) is 46.8 Å². The second kappa shape index (κ2) is 6.68. The summed E-state index contributed by atoms with van der Waals surface area (Å²) in [6, 6.07) is 0. The van der Waals surface area contributed by atoms with Gasteiger partial charge in [0.15, 0.2) is 0 Å². The average Bonchev–Trinajstić information content (AvgIpc) is 2.50. The summed E-state index contributed by atoms with van der Waals surface area (Å²) in [6.07, 6.45) is -1.62. The molecule has 1 fully saturated rings. The summed E-state index contributed by atoms with van der Waals surface area (Å²) in [5.41, 5.74) is -0.491. The molecular weight excluding hydrogens is 327 g/mol. The Labute approximate surface area is 150 Å². The molecule has 0 aromatic carbocycles. The zero-order chi connectivity index (χ0) is 19.8. The van der Waals surface area contributed by atoms with Crippen molar-refractivity contribution in [3.63, 3.8) is 0 Å². The van der Waals surface area contributed by atoms with Crippen LogP contribution < -0.4 is 5.43 Å². The first-order valence-corrected chi connectivity index (χ1v) is 8.31. The van der Waals surface area contributed by atoms with Crippen molar-refractivity contribution in [3.05, 3.63) is 0 Å². The molecule has 1 N–H and O–H groups in total. The van der Waals surface area contributed by atoms with Crippen LogP contribution in [0.3, 0.4) is 0 Å². The molecule has 1 aliphatic heterocycles. The largest absolute Gasteiger partial charge is 0.619 e. The number of nitrogens with one attached hydrogen (secondary N) is 1. The van der Waals surface area contributed by atoms with Gasteiger partial charge in [0.1, 0.15) is 11.2 Å². The highest BCUT2D eigenvalue weighted by molar-refractivity contribution is 6.45. The highest BCUT2D eigenvalue weighted by Gasteiger charge is 2.56. The van der Waals surface area contributed by atoms with Crippen LogP contribution >= 0.6 is 0 Å². The van der Waals surface area contributed by atoms with Crippen molar-refractivity contribution >= 4 is 19.4 Å². The smallest absolute Gasteiger partial charge is 0.443 e. The van der Waals surface area contributed by atoms with Gasteiger partial charge in [-0.1, -0.05) is 0 Å². The predicted octanol–water partition coefficient (Wildman–Crippen LogP) is 3.25. The Morgan fingerprint density at radius 2 is 1.28 bits per heavy atom. The molecule has 9 heteroatoms. The summed E-state index contributed by atoms with van der Waals surface area (Å²) >= 11 is 0. The Kier molecular flexibility index (Phi) is 5.76. The second-order valence-corrected chi connectivity index (χ2v) is 9.03. The van der Waals surface area contributed by atoms with Crippen LogP contribution in [0.1, 0.15) is 69.2 Å². The third-order valence-electron chi connectivity index (χ3n) is 3.65. The van der Waals surface area contributed by atoms with E-state index in [0.717, 1.165) is 4.92 Å². The molecule has 1 saturated heterocycles. The monoisotopic (exact) mass is 358 g/mol. The van der Waals surface area contributed by atoms with Crippen LogP contribution in [0, 0.1) is 0 Å². The van der Waals surface area contributed by atoms with Gasteiger partial charge in [-0.05, 0) is 69.2 Å². The minimum Gasteiger partial charge on any atom is -0.443 e. The highest BCUT2D eigenvalue weighted by atomic mass is 16.7. The summed E-state index contributed by atoms with van der Waals surface area (Å²) in [5.74, 6) is 0. The minimum atomic E-state index is -1.15. The fraction of sp³-hybridized carbons (Fsp3) is 0.875. The van der Waals surface area contributed by atoms with Crippen molar-refractivity contribution in [1.82, 2.24) is 10.3 Å². The average molecular weight is 358 g/mol. The van der Waals surface area contributed by atoms with Crippen LogP contribution in [0.25, 0.3) is 0 Å². The van der Waals surface area contributed by atoms with E-state index in [-0.39, 0.29) is 0 Å². The Hall–Kier alpha value is -1.48. The molecule has 25 heavy (non-hydrogen) atoms. The number of carbonyl (C=O) groups is 2. The molecule has 0 saturated carbocycles. The van der Waals surface area contributed by atoms with Gasteiger partial charge in [-0.2, -0.15) is 0 Å². The normalized spacial score (nSPS) is 19.4. The fourth-order valence-electron chi connectivity index (χ4n) is 1.81. The molecule has 0 radical (unpaired) electrons. The Morgan fingerprint density at radius 1 is 0.880 bits per heavy atom. The second-order valence-electron chi connectivity index (χ2n) is 9.03. The molecule has 0 aromatic heterocycles. The lowest BCUT2D eigenvalue weighted by molar-refractivity contribution is 0.00578. The lowest BCUT2D eigenvalue weighted by Crippen LogP contribution is -2.58. The van der Waals surface area contributed by atoms with Crippen LogP contribution in [0.2, 0.25) is 0 Å². The van der Waals surface area contributed by atoms with Crippen LogP contribution in [-0.2, 0) is 18.8 Å². The number of amides is 2. The predicted molar refractivity (Wildman–Crippen MR) is 93.5 cm³/mol. The van der Waals surface area contributed by atoms with E-state index in [0.29, 0.717) is 0 Å². The van der Waals surface area contributed by atoms with Crippen LogP contribution in [0.15, 0.2) is 0 Å². The topological polar surface area (TPSA) is 86.3 Å². The van der Waals surface area contributed by atoms with E-state index >= 15 is 0 Å². The Balaban J connectivity index is 3.01. The van der Waals surface area contributed by atoms with Crippen molar-refractivity contribution in [2.24, 2.45) is 0 Å². The van der Waals surface area contributed by atoms with Crippen molar-refractivity contribution in [3.8, 4) is 0 Å². The molecule has 0 spiro atoms. The number of hydrazine groups is 1. The number of carbonyl (C=O) groups excluding carboxylic acids is 2. The van der Waals surface area contributed by atoms with Crippen molar-refractivity contribution in [2.45, 2.75) is 91.6 Å². The number of hydrogen-bond acceptors (Lipinski definition) is 6. The Bertz CT molecular complexity index is 506. The van der Waals surface area contributed by atoms with Crippen molar-refractivity contribution in [2.75, 3.05) is 0 Å². The zero-order valence-corrected chi connectivity index (χ0v) is 17.0. The summed E-state index contributed by atoms with van der Waals surface area (Å²) in [4.78, 5) is 25.5. The van der Waals surface area contributed by atoms with E-state index < -0.39 is 41.8 Å². The van der Waals surface area contributed by atoms with E-state index in [2.05, 4.69) is 5.43 Å². The molecule has 0 aromatic rings. The van der Waals surface area contributed by atoms with E-state index in [1.807, 2.05) is 27.7 Å². The van der Waals surface area contributed by atoms with Gasteiger partial charge >= 0.3 is 19.4 Å². The van der Waals surface area contributed by atoms with Gasteiger partial charge in [-0.25, -0.2) is 19.9 Å². The van der Waals surface area contributed by atoms with Crippen LogP contribution in [0.5, 0.6) is 0 Å². The lowest BCUT2D eigenvalue weighted by atomic mass is 9.90. The molecule has 1 rings (SSSR count). The highest BCUT2D eigenvalue weighted by Crippen LogP contribution is 2.37. The number of rotatable bonds is 1. The molecule has 1 heterocycles. The molecule has 8 nitrogen and oxygen atoms in total. The zero-order valence-electron chi connectivity index (χ0n) is 17.0. The lowest BCUT2D eigenvalue weighted by Gasteiger charge is -2.32. The van der Waals surface area contributed by atoms with Gasteiger partial charge in [-0.15, -0.1) is 0 Å². The molecule has 2 amide bonds. The minimum absolute atomic E-state index is 0.687. The van der Waals surface area contributed by atoms with Gasteiger partial charge in [-0.3, -0.25) is 0 Å². The van der Waals surface area contributed by atoms with Gasteiger partial charge in [0, 0.05) is 0 Å². The molecule has 1 aliphatic rings. The maximum Gasteiger partial charge on any atom is 0.619 e. The van der Waals surface area contributed by atoms with Gasteiger partial charge in [0.05, 0.1) is 11.2 Å². The summed E-state index contributed by atoms with van der Waals surface area (Å²) in [5, 5.41) is 0. The quantitative estimate of drug-likeness (QED) is 0.572. The van der Waals surface area contributed by atoms with E-state index in [9.17, 15) is 9.59 Å². The molecular formula is C16H31BN2O6. The number of ether oxygens (including phenoxy) is 2. The number of nitrogens with zero attached hydrogens (tertiary/aromatic N) is 1. The molecule has 0 unspecified atom stereocenters. The maximum atomic E-state index is 12.5. The molecule has 0 bridgehead atoms. The van der Waals surface area contributed by atoms with E-state index in [1.165, 1.54) is 0 Å². The summed E-state index contributed by atoms with van der Waals surface area (Å²) < 4.78 is 22.2. The first kappa shape index (κ1) is 21.6. The van der Waals surface area contributed by atoms with Gasteiger partial charge in [0.2, 0.25) is 0 Å². The van der Waals surface area contributed by atoms with Gasteiger partial charge < -0.3 is 18.8 Å². The van der Waals surface area contributed by atoms with Gasteiger partial charge in [0.25, 0.3) is 0 Å². The van der Waals surface area contributed by atoms with Crippen molar-refractivity contribution < 1.29 is 28.4 Å². The summed E-state index contributed by atoms with van der Waals surface area (Å²) in [7, 11) is -1.15. The fourth-order valence-corrected chi connectivity index (χ4v) is 1.81. The first-order chi connectivity index (χ1) is 10.9. The van der Waals surface area contributed by atoms with Crippen molar-refractivity contribution in [1.29, 1.82) is 0 Å². The Morgan fingerprint density at radius 3 is 1.64 bits per heavy atom. The third kappa shape index (κ3) is 6.07. The molecule has 144 valence electrons. The summed E-state index contributed by atoms with van der Waals surface area (Å²) in [6.45, 7) is 17.7.